The maximum atomic E-state index is 14.0. The Morgan fingerprint density at radius 3 is 2.78 bits per heavy atom. The first-order chi connectivity index (χ1) is 13.0. The maximum absolute atomic E-state index is 14.0. The van der Waals surface area contributed by atoms with E-state index in [4.69, 9.17) is 21.6 Å². The number of nitrogens with zero attached hydrogens (tertiary/aromatic N) is 4. The molecule has 0 aliphatic carbocycles. The second kappa shape index (κ2) is 6.40. The zero-order valence-corrected chi connectivity index (χ0v) is 14.4. The first kappa shape index (κ1) is 17.0. The SMILES string of the molecule is NC1=NC2=NC(CCCc3ccc(N)cc3F)(c3ccco3)NN2C(N)=N1. The van der Waals surface area contributed by atoms with Gasteiger partial charge in [-0.05, 0) is 49.1 Å². The molecule has 4 rings (SSSR count). The molecule has 0 bridgehead atoms. The Bertz CT molecular complexity index is 952. The third-order valence-electron chi connectivity index (χ3n) is 4.45. The van der Waals surface area contributed by atoms with Crippen molar-refractivity contribution >= 4 is 23.6 Å². The normalized spacial score (nSPS) is 21.5. The highest BCUT2D eigenvalue weighted by atomic mass is 19.1. The van der Waals surface area contributed by atoms with Gasteiger partial charge in [0, 0.05) is 5.69 Å². The molecule has 7 N–H and O–H groups in total. The zero-order valence-electron chi connectivity index (χ0n) is 14.4. The van der Waals surface area contributed by atoms with Crippen molar-refractivity contribution in [2.45, 2.75) is 24.9 Å². The van der Waals surface area contributed by atoms with Gasteiger partial charge in [-0.3, -0.25) is 0 Å². The molecule has 0 spiro atoms. The van der Waals surface area contributed by atoms with E-state index in [1.807, 2.05) is 0 Å². The summed E-state index contributed by atoms with van der Waals surface area (Å²) in [7, 11) is 0. The monoisotopic (exact) mass is 370 g/mol. The molecule has 2 aliphatic rings. The van der Waals surface area contributed by atoms with Gasteiger partial charge in [0.25, 0.3) is 0 Å². The summed E-state index contributed by atoms with van der Waals surface area (Å²) in [6.07, 6.45) is 3.20. The lowest BCUT2D eigenvalue weighted by Gasteiger charge is -2.27. The lowest BCUT2D eigenvalue weighted by molar-refractivity contribution is 0.217. The molecule has 2 aromatic rings. The van der Waals surface area contributed by atoms with Crippen molar-refractivity contribution in [1.29, 1.82) is 0 Å². The molecule has 1 aromatic heterocycles. The van der Waals surface area contributed by atoms with Gasteiger partial charge in [0.2, 0.25) is 17.9 Å². The molecule has 0 saturated carbocycles. The molecule has 0 amide bonds. The first-order valence-corrected chi connectivity index (χ1v) is 8.41. The third kappa shape index (κ3) is 3.10. The van der Waals surface area contributed by atoms with Crippen LogP contribution in [0.4, 0.5) is 10.1 Å². The number of aliphatic imine (C=N–C) groups is 3. The predicted octanol–water partition coefficient (Wildman–Crippen LogP) is 0.996. The van der Waals surface area contributed by atoms with E-state index in [-0.39, 0.29) is 17.7 Å². The minimum Gasteiger partial charge on any atom is -0.465 e. The number of anilines is 1. The molecule has 1 atom stereocenters. The van der Waals surface area contributed by atoms with Crippen molar-refractivity contribution < 1.29 is 8.81 Å². The Kier molecular flexibility index (Phi) is 4.04. The second-order valence-electron chi connectivity index (χ2n) is 6.34. The number of hydrazine groups is 1. The Morgan fingerprint density at radius 1 is 1.19 bits per heavy atom. The molecule has 9 nitrogen and oxygen atoms in total. The Morgan fingerprint density at radius 2 is 2.04 bits per heavy atom. The Hall–Kier alpha value is -3.40. The van der Waals surface area contributed by atoms with Crippen LogP contribution in [-0.4, -0.2) is 22.9 Å². The van der Waals surface area contributed by atoms with E-state index in [1.165, 1.54) is 11.1 Å². The topological polar surface area (TPSA) is 144 Å². The summed E-state index contributed by atoms with van der Waals surface area (Å²) in [6, 6.07) is 8.27. The maximum Gasteiger partial charge on any atom is 0.248 e. The van der Waals surface area contributed by atoms with Crippen molar-refractivity contribution in [2.24, 2.45) is 26.4 Å². The van der Waals surface area contributed by atoms with Crippen LogP contribution in [0, 0.1) is 5.82 Å². The van der Waals surface area contributed by atoms with Crippen LogP contribution < -0.4 is 22.6 Å². The van der Waals surface area contributed by atoms with Gasteiger partial charge in [-0.15, -0.1) is 0 Å². The lowest BCUT2D eigenvalue weighted by Crippen LogP contribution is -2.53. The average Bonchev–Trinajstić information content (AvgIpc) is 3.25. The number of fused-ring (bicyclic) bond motifs is 1. The van der Waals surface area contributed by atoms with E-state index in [1.54, 1.807) is 30.5 Å². The standard InChI is InChI=1S/C17H19FN8O/c18-12-9-11(19)6-5-10(12)3-1-7-17(13-4-2-8-27-13)24-16-23-14(20)22-15(21)26(16)25-17/h2,4-6,8-9,25H,1,3,7,19H2,(H4,20,21,22,23,24). The summed E-state index contributed by atoms with van der Waals surface area (Å²) < 4.78 is 19.6. The number of nitrogens with two attached hydrogens (primary N) is 3. The van der Waals surface area contributed by atoms with Crippen LogP contribution in [0.15, 0.2) is 56.0 Å². The van der Waals surface area contributed by atoms with Crippen LogP contribution in [0.25, 0.3) is 0 Å². The summed E-state index contributed by atoms with van der Waals surface area (Å²) in [6.45, 7) is 0. The van der Waals surface area contributed by atoms with E-state index < -0.39 is 5.66 Å². The Labute approximate surface area is 154 Å². The van der Waals surface area contributed by atoms with Crippen LogP contribution in [0.1, 0.15) is 24.2 Å². The molecule has 0 fully saturated rings. The molecule has 27 heavy (non-hydrogen) atoms. The molecule has 2 aliphatic heterocycles. The van der Waals surface area contributed by atoms with Crippen LogP contribution >= 0.6 is 0 Å². The molecule has 10 heteroatoms. The number of nitrogen functional groups attached to an aromatic ring is 1. The van der Waals surface area contributed by atoms with Gasteiger partial charge in [0.1, 0.15) is 11.6 Å². The number of hydrogen-bond acceptors (Lipinski definition) is 9. The first-order valence-electron chi connectivity index (χ1n) is 8.41. The highest BCUT2D eigenvalue weighted by Crippen LogP contribution is 2.34. The molecular formula is C17H19FN8O. The largest absolute Gasteiger partial charge is 0.465 e. The van der Waals surface area contributed by atoms with Gasteiger partial charge in [-0.2, -0.15) is 15.4 Å². The number of halogens is 1. The van der Waals surface area contributed by atoms with E-state index in [0.29, 0.717) is 42.2 Å². The van der Waals surface area contributed by atoms with Crippen molar-refractivity contribution in [3.8, 4) is 0 Å². The molecule has 1 aromatic carbocycles. The fourth-order valence-electron chi connectivity index (χ4n) is 3.17. The number of aryl methyl sites for hydroxylation is 1. The lowest BCUT2D eigenvalue weighted by atomic mass is 9.98. The molecule has 0 saturated heterocycles. The second-order valence-corrected chi connectivity index (χ2v) is 6.34. The smallest absolute Gasteiger partial charge is 0.248 e. The minimum atomic E-state index is -0.933. The van der Waals surface area contributed by atoms with Crippen LogP contribution in [0.2, 0.25) is 0 Å². The van der Waals surface area contributed by atoms with Crippen molar-refractivity contribution in [3.05, 3.63) is 53.7 Å². The number of nitrogens with one attached hydrogen (secondary N) is 1. The van der Waals surface area contributed by atoms with E-state index in [2.05, 4.69) is 20.4 Å². The van der Waals surface area contributed by atoms with Crippen molar-refractivity contribution in [3.63, 3.8) is 0 Å². The van der Waals surface area contributed by atoms with Crippen molar-refractivity contribution in [2.75, 3.05) is 5.73 Å². The molecule has 1 unspecified atom stereocenters. The summed E-state index contributed by atoms with van der Waals surface area (Å²) in [5.41, 5.74) is 20.4. The van der Waals surface area contributed by atoms with Crippen LogP contribution in [0.3, 0.4) is 0 Å². The van der Waals surface area contributed by atoms with Crippen LogP contribution in [-0.2, 0) is 12.1 Å². The summed E-state index contributed by atoms with van der Waals surface area (Å²) in [5.74, 6) is 0.737. The number of benzene rings is 1. The molecule has 0 radical (unpaired) electrons. The predicted molar refractivity (Wildman–Crippen MR) is 99.8 cm³/mol. The zero-order chi connectivity index (χ0) is 19.0. The third-order valence-corrected chi connectivity index (χ3v) is 4.45. The summed E-state index contributed by atoms with van der Waals surface area (Å²) in [5, 5.41) is 1.46. The van der Waals surface area contributed by atoms with Crippen molar-refractivity contribution in [1.82, 2.24) is 10.4 Å². The quantitative estimate of drug-likeness (QED) is 0.578. The number of furan rings is 1. The Balaban J connectivity index is 1.58. The molecular weight excluding hydrogens is 351 g/mol. The van der Waals surface area contributed by atoms with Gasteiger partial charge in [0.15, 0.2) is 5.66 Å². The fourth-order valence-corrected chi connectivity index (χ4v) is 3.17. The van der Waals surface area contributed by atoms with E-state index >= 15 is 0 Å². The molecule has 140 valence electrons. The van der Waals surface area contributed by atoms with Gasteiger partial charge in [-0.1, -0.05) is 6.07 Å². The van der Waals surface area contributed by atoms with Gasteiger partial charge in [-0.25, -0.2) is 14.4 Å². The fraction of sp³-hybridized carbons (Fsp3) is 0.235. The van der Waals surface area contributed by atoms with E-state index in [9.17, 15) is 4.39 Å². The summed E-state index contributed by atoms with van der Waals surface area (Å²) in [4.78, 5) is 12.7. The van der Waals surface area contributed by atoms with Crippen LogP contribution in [0.5, 0.6) is 0 Å². The number of guanidine groups is 3. The number of rotatable bonds is 5. The van der Waals surface area contributed by atoms with Gasteiger partial charge in [0.05, 0.1) is 6.26 Å². The molecule has 3 heterocycles. The highest BCUT2D eigenvalue weighted by Gasteiger charge is 2.44. The minimum absolute atomic E-state index is 0.0310. The summed E-state index contributed by atoms with van der Waals surface area (Å²) >= 11 is 0. The highest BCUT2D eigenvalue weighted by molar-refractivity contribution is 6.11. The van der Waals surface area contributed by atoms with Gasteiger partial charge < -0.3 is 21.6 Å². The van der Waals surface area contributed by atoms with E-state index in [0.717, 1.165) is 0 Å². The number of hydrogen-bond donors (Lipinski definition) is 4. The van der Waals surface area contributed by atoms with Gasteiger partial charge >= 0.3 is 0 Å². The average molecular weight is 370 g/mol.